The second kappa shape index (κ2) is 10.1. The van der Waals surface area contributed by atoms with Crippen molar-refractivity contribution in [2.75, 3.05) is 26.2 Å². The molecule has 22 heavy (non-hydrogen) atoms. The van der Waals surface area contributed by atoms with Crippen molar-refractivity contribution in [2.45, 2.75) is 31.8 Å². The molecular formula is C16H24Cl2N2O2. The Morgan fingerprint density at radius 1 is 1.32 bits per heavy atom. The minimum atomic E-state index is 0. The van der Waals surface area contributed by atoms with E-state index < -0.39 is 0 Å². The number of nitrogens with zero attached hydrogens (tertiary/aromatic N) is 1. The summed E-state index contributed by atoms with van der Waals surface area (Å²) in [4.78, 5) is 14.2. The Morgan fingerprint density at radius 3 is 2.64 bits per heavy atom. The van der Waals surface area contributed by atoms with Crippen molar-refractivity contribution < 1.29 is 9.53 Å². The van der Waals surface area contributed by atoms with Crippen LogP contribution in [0, 0.1) is 0 Å². The van der Waals surface area contributed by atoms with E-state index in [1.54, 1.807) is 0 Å². The van der Waals surface area contributed by atoms with E-state index in [4.69, 9.17) is 22.1 Å². The highest BCUT2D eigenvalue weighted by Gasteiger charge is 2.23. The lowest BCUT2D eigenvalue weighted by atomic mass is 10.1. The third-order valence-electron chi connectivity index (χ3n) is 3.80. The van der Waals surface area contributed by atoms with Crippen LogP contribution in [0.3, 0.4) is 0 Å². The first-order valence-electron chi connectivity index (χ1n) is 7.53. The van der Waals surface area contributed by atoms with Crippen LogP contribution < -0.4 is 5.73 Å². The molecule has 0 spiro atoms. The Hall–Kier alpha value is -0.810. The van der Waals surface area contributed by atoms with Gasteiger partial charge in [0, 0.05) is 24.7 Å². The summed E-state index contributed by atoms with van der Waals surface area (Å²) in [6, 6.07) is 7.51. The van der Waals surface area contributed by atoms with Crippen LogP contribution in [0.15, 0.2) is 24.3 Å². The number of ether oxygens (including phenoxy) is 1. The molecule has 1 saturated heterocycles. The fourth-order valence-corrected chi connectivity index (χ4v) is 2.72. The molecule has 1 fully saturated rings. The van der Waals surface area contributed by atoms with Crippen molar-refractivity contribution in [1.82, 2.24) is 4.90 Å². The minimum absolute atomic E-state index is 0. The third-order valence-corrected chi connectivity index (χ3v) is 4.16. The highest BCUT2D eigenvalue weighted by Crippen LogP contribution is 2.19. The van der Waals surface area contributed by atoms with E-state index in [-0.39, 0.29) is 24.4 Å². The number of carbonyl (C=O) groups is 1. The van der Waals surface area contributed by atoms with E-state index in [0.717, 1.165) is 44.5 Å². The Labute approximate surface area is 143 Å². The first kappa shape index (κ1) is 19.2. The number of nitrogens with two attached hydrogens (primary N) is 1. The number of halogens is 2. The summed E-state index contributed by atoms with van der Waals surface area (Å²) in [5, 5.41) is 0.658. The molecule has 1 aromatic rings. The van der Waals surface area contributed by atoms with Crippen molar-refractivity contribution in [2.24, 2.45) is 5.73 Å². The quantitative estimate of drug-likeness (QED) is 0.805. The molecule has 0 saturated carbocycles. The molecule has 2 rings (SSSR count). The van der Waals surface area contributed by atoms with Gasteiger partial charge in [-0.15, -0.1) is 12.4 Å². The topological polar surface area (TPSA) is 55.6 Å². The summed E-state index contributed by atoms with van der Waals surface area (Å²) in [5.74, 6) is 0.142. The normalized spacial score (nSPS) is 15.5. The maximum Gasteiger partial charge on any atom is 0.227 e. The molecule has 124 valence electrons. The molecule has 1 aromatic carbocycles. The summed E-state index contributed by atoms with van der Waals surface area (Å²) in [5.41, 5.74) is 6.34. The van der Waals surface area contributed by atoms with Gasteiger partial charge in [0.25, 0.3) is 0 Å². The highest BCUT2D eigenvalue weighted by molar-refractivity contribution is 6.31. The number of hydrogen-bond donors (Lipinski definition) is 1. The van der Waals surface area contributed by atoms with Crippen molar-refractivity contribution in [3.05, 3.63) is 34.9 Å². The average molecular weight is 347 g/mol. The Kier molecular flexibility index (Phi) is 8.79. The largest absolute Gasteiger partial charge is 0.378 e. The molecule has 6 heteroatoms. The zero-order chi connectivity index (χ0) is 15.1. The molecule has 0 atom stereocenters. The average Bonchev–Trinajstić information content (AvgIpc) is 2.50. The summed E-state index contributed by atoms with van der Waals surface area (Å²) in [7, 11) is 0. The number of benzene rings is 1. The van der Waals surface area contributed by atoms with Crippen molar-refractivity contribution in [3.8, 4) is 0 Å². The van der Waals surface area contributed by atoms with Crippen molar-refractivity contribution >= 4 is 29.9 Å². The smallest absolute Gasteiger partial charge is 0.227 e. The van der Waals surface area contributed by atoms with E-state index in [9.17, 15) is 4.79 Å². The zero-order valence-electron chi connectivity index (χ0n) is 12.7. The van der Waals surface area contributed by atoms with Gasteiger partial charge in [0.2, 0.25) is 5.91 Å². The van der Waals surface area contributed by atoms with E-state index in [1.165, 1.54) is 0 Å². The standard InChI is InChI=1S/C16H23ClN2O2.ClH/c17-15-5-2-1-4-13(15)12-16(20)19-9-6-14(7-10-19)21-11-3-8-18;/h1-2,4-5,14H,3,6-12,18H2;1H. The van der Waals surface area contributed by atoms with Crippen LogP contribution in [0.5, 0.6) is 0 Å². The van der Waals surface area contributed by atoms with E-state index in [0.29, 0.717) is 18.0 Å². The Balaban J connectivity index is 0.00000242. The van der Waals surface area contributed by atoms with E-state index in [2.05, 4.69) is 0 Å². The molecule has 0 unspecified atom stereocenters. The monoisotopic (exact) mass is 346 g/mol. The van der Waals surface area contributed by atoms with Gasteiger partial charge < -0.3 is 15.4 Å². The first-order valence-corrected chi connectivity index (χ1v) is 7.91. The molecule has 1 amide bonds. The number of amides is 1. The van der Waals surface area contributed by atoms with Crippen LogP contribution in [0.25, 0.3) is 0 Å². The lowest BCUT2D eigenvalue weighted by Gasteiger charge is -2.32. The van der Waals surface area contributed by atoms with Gasteiger partial charge in [-0.1, -0.05) is 29.8 Å². The molecule has 0 bridgehead atoms. The van der Waals surface area contributed by atoms with Crippen molar-refractivity contribution in [1.29, 1.82) is 0 Å². The van der Waals surface area contributed by atoms with Crippen LogP contribution in [-0.4, -0.2) is 43.2 Å². The SMILES string of the molecule is Cl.NCCCOC1CCN(C(=O)Cc2ccccc2Cl)CC1. The third kappa shape index (κ3) is 5.76. The summed E-state index contributed by atoms with van der Waals surface area (Å²) in [6.07, 6.45) is 3.34. The maximum absolute atomic E-state index is 12.3. The second-order valence-corrected chi connectivity index (χ2v) is 5.77. The molecule has 1 aliphatic heterocycles. The van der Waals surface area contributed by atoms with Gasteiger partial charge in [0.1, 0.15) is 0 Å². The lowest BCUT2D eigenvalue weighted by molar-refractivity contribution is -0.133. The van der Waals surface area contributed by atoms with Crippen LogP contribution in [0.1, 0.15) is 24.8 Å². The van der Waals surface area contributed by atoms with Crippen LogP contribution in [0.4, 0.5) is 0 Å². The molecule has 0 radical (unpaired) electrons. The number of likely N-dealkylation sites (tertiary alicyclic amines) is 1. The number of rotatable bonds is 6. The Bertz CT molecular complexity index is 463. The van der Waals surface area contributed by atoms with Gasteiger partial charge in [0.05, 0.1) is 12.5 Å². The van der Waals surface area contributed by atoms with Crippen LogP contribution in [0.2, 0.25) is 5.02 Å². The van der Waals surface area contributed by atoms with E-state index >= 15 is 0 Å². The first-order chi connectivity index (χ1) is 10.2. The number of carbonyl (C=O) groups excluding carboxylic acids is 1. The van der Waals surface area contributed by atoms with Gasteiger partial charge in [-0.25, -0.2) is 0 Å². The second-order valence-electron chi connectivity index (χ2n) is 5.36. The predicted octanol–water partition coefficient (Wildman–Crippen LogP) is 2.66. The van der Waals surface area contributed by atoms with Crippen LogP contribution >= 0.6 is 24.0 Å². The molecule has 0 aliphatic carbocycles. The predicted molar refractivity (Wildman–Crippen MR) is 91.6 cm³/mol. The highest BCUT2D eigenvalue weighted by atomic mass is 35.5. The molecule has 1 aliphatic rings. The molecular weight excluding hydrogens is 323 g/mol. The fourth-order valence-electron chi connectivity index (χ4n) is 2.52. The van der Waals surface area contributed by atoms with Crippen molar-refractivity contribution in [3.63, 3.8) is 0 Å². The summed E-state index contributed by atoms with van der Waals surface area (Å²) in [6.45, 7) is 2.90. The molecule has 2 N–H and O–H groups in total. The fraction of sp³-hybridized carbons (Fsp3) is 0.562. The maximum atomic E-state index is 12.3. The summed E-state index contributed by atoms with van der Waals surface area (Å²) >= 11 is 6.10. The van der Waals surface area contributed by atoms with Gasteiger partial charge in [-0.3, -0.25) is 4.79 Å². The molecule has 0 aromatic heterocycles. The number of piperidine rings is 1. The molecule has 4 nitrogen and oxygen atoms in total. The minimum Gasteiger partial charge on any atom is -0.378 e. The van der Waals surface area contributed by atoms with Crippen LogP contribution in [-0.2, 0) is 16.0 Å². The van der Waals surface area contributed by atoms with Gasteiger partial charge >= 0.3 is 0 Å². The Morgan fingerprint density at radius 2 is 2.00 bits per heavy atom. The summed E-state index contributed by atoms with van der Waals surface area (Å²) < 4.78 is 5.75. The van der Waals surface area contributed by atoms with Gasteiger partial charge in [-0.2, -0.15) is 0 Å². The number of hydrogen-bond acceptors (Lipinski definition) is 3. The van der Waals surface area contributed by atoms with Gasteiger partial charge in [0.15, 0.2) is 0 Å². The van der Waals surface area contributed by atoms with E-state index in [1.807, 2.05) is 29.2 Å². The zero-order valence-corrected chi connectivity index (χ0v) is 14.2. The van der Waals surface area contributed by atoms with Gasteiger partial charge in [-0.05, 0) is 37.4 Å². The lowest BCUT2D eigenvalue weighted by Crippen LogP contribution is -2.41. The molecule has 1 heterocycles.